The molecule has 0 spiro atoms. The van der Waals surface area contributed by atoms with E-state index in [1.807, 2.05) is 0 Å². The summed E-state index contributed by atoms with van der Waals surface area (Å²) < 4.78 is 0. The highest BCUT2D eigenvalue weighted by Gasteiger charge is 2.19. The van der Waals surface area contributed by atoms with Crippen molar-refractivity contribution in [3.8, 4) is 0 Å². The lowest BCUT2D eigenvalue weighted by atomic mass is 10.3. The molecule has 1 fully saturated rings. The standard InChI is InChI=1S/C14H17ClN8/c15-9-1-3-10(4-2-9)21-22-11-12(16)19-14(17)20-13(11)23-7-5-18-6-8-23/h1-4,18H,5-8H2,(H4,16,17,19,20). The molecule has 23 heavy (non-hydrogen) atoms. The van der Waals surface area contributed by atoms with E-state index in [9.17, 15) is 0 Å². The van der Waals surface area contributed by atoms with Crippen LogP contribution in [0.3, 0.4) is 0 Å². The first kappa shape index (κ1) is 15.4. The minimum absolute atomic E-state index is 0.126. The fourth-order valence-corrected chi connectivity index (χ4v) is 2.41. The zero-order valence-corrected chi connectivity index (χ0v) is 13.2. The number of benzene rings is 1. The van der Waals surface area contributed by atoms with Crippen LogP contribution >= 0.6 is 11.6 Å². The minimum Gasteiger partial charge on any atom is -0.382 e. The molecule has 0 aliphatic carbocycles. The highest BCUT2D eigenvalue weighted by atomic mass is 35.5. The molecule has 0 radical (unpaired) electrons. The highest BCUT2D eigenvalue weighted by molar-refractivity contribution is 6.30. The van der Waals surface area contributed by atoms with Gasteiger partial charge in [-0.3, -0.25) is 0 Å². The molecule has 1 aliphatic rings. The van der Waals surface area contributed by atoms with Crippen molar-refractivity contribution in [1.29, 1.82) is 0 Å². The summed E-state index contributed by atoms with van der Waals surface area (Å²) in [5.41, 5.74) is 12.8. The number of halogens is 1. The van der Waals surface area contributed by atoms with Crippen LogP contribution in [0.4, 0.5) is 29.0 Å². The third-order valence-corrected chi connectivity index (χ3v) is 3.67. The van der Waals surface area contributed by atoms with Gasteiger partial charge in [0, 0.05) is 31.2 Å². The molecule has 1 aromatic carbocycles. The summed E-state index contributed by atoms with van der Waals surface area (Å²) in [6, 6.07) is 7.03. The largest absolute Gasteiger partial charge is 0.382 e. The van der Waals surface area contributed by atoms with E-state index in [0.717, 1.165) is 26.2 Å². The molecule has 5 N–H and O–H groups in total. The van der Waals surface area contributed by atoms with Gasteiger partial charge in [0.15, 0.2) is 17.3 Å². The number of nitrogen functional groups attached to an aromatic ring is 2. The van der Waals surface area contributed by atoms with Crippen LogP contribution < -0.4 is 21.7 Å². The Balaban J connectivity index is 1.95. The molecule has 1 aliphatic heterocycles. The van der Waals surface area contributed by atoms with Gasteiger partial charge in [-0.05, 0) is 24.3 Å². The maximum Gasteiger partial charge on any atom is 0.224 e. The van der Waals surface area contributed by atoms with Gasteiger partial charge in [-0.2, -0.15) is 15.1 Å². The van der Waals surface area contributed by atoms with Crippen molar-refractivity contribution in [2.45, 2.75) is 0 Å². The monoisotopic (exact) mass is 332 g/mol. The number of hydrogen-bond acceptors (Lipinski definition) is 8. The highest BCUT2D eigenvalue weighted by Crippen LogP contribution is 2.33. The molecular weight excluding hydrogens is 316 g/mol. The second-order valence-corrected chi connectivity index (χ2v) is 5.49. The van der Waals surface area contributed by atoms with E-state index in [-0.39, 0.29) is 11.8 Å². The van der Waals surface area contributed by atoms with Gasteiger partial charge >= 0.3 is 0 Å². The van der Waals surface area contributed by atoms with Crippen molar-refractivity contribution in [2.24, 2.45) is 10.2 Å². The summed E-state index contributed by atoms with van der Waals surface area (Å²) in [4.78, 5) is 10.3. The molecule has 0 bridgehead atoms. The molecular formula is C14H17ClN8. The number of nitrogens with zero attached hydrogens (tertiary/aromatic N) is 5. The topological polar surface area (TPSA) is 118 Å². The van der Waals surface area contributed by atoms with E-state index in [2.05, 4.69) is 30.4 Å². The van der Waals surface area contributed by atoms with Gasteiger partial charge in [0.2, 0.25) is 5.95 Å². The Bertz CT molecular complexity index is 709. The van der Waals surface area contributed by atoms with Gasteiger partial charge in [0.1, 0.15) is 0 Å². The smallest absolute Gasteiger partial charge is 0.224 e. The quantitative estimate of drug-likeness (QED) is 0.741. The van der Waals surface area contributed by atoms with E-state index in [4.69, 9.17) is 23.1 Å². The molecule has 0 amide bonds. The summed E-state index contributed by atoms with van der Waals surface area (Å²) in [6.45, 7) is 3.30. The van der Waals surface area contributed by atoms with Gasteiger partial charge in [-0.25, -0.2) is 0 Å². The second-order valence-electron chi connectivity index (χ2n) is 5.05. The Morgan fingerprint density at radius 1 is 1.04 bits per heavy atom. The van der Waals surface area contributed by atoms with Crippen molar-refractivity contribution in [3.63, 3.8) is 0 Å². The summed E-state index contributed by atoms with van der Waals surface area (Å²) >= 11 is 5.86. The normalized spacial score (nSPS) is 15.3. The number of aromatic nitrogens is 2. The van der Waals surface area contributed by atoms with E-state index < -0.39 is 0 Å². The maximum atomic E-state index is 5.97. The van der Waals surface area contributed by atoms with E-state index >= 15 is 0 Å². The number of anilines is 3. The third kappa shape index (κ3) is 3.66. The van der Waals surface area contributed by atoms with E-state index in [1.165, 1.54) is 0 Å². The van der Waals surface area contributed by atoms with E-state index in [0.29, 0.717) is 22.2 Å². The number of hydrogen-bond donors (Lipinski definition) is 3. The van der Waals surface area contributed by atoms with Crippen LogP contribution in [0.15, 0.2) is 34.5 Å². The second kappa shape index (κ2) is 6.76. The van der Waals surface area contributed by atoms with Gasteiger partial charge in [-0.15, -0.1) is 5.11 Å². The summed E-state index contributed by atoms with van der Waals surface area (Å²) in [5.74, 6) is 0.944. The van der Waals surface area contributed by atoms with Crippen molar-refractivity contribution in [1.82, 2.24) is 15.3 Å². The fraction of sp³-hybridized carbons (Fsp3) is 0.286. The first-order valence-electron chi connectivity index (χ1n) is 7.19. The molecule has 3 rings (SSSR count). The molecule has 0 unspecified atom stereocenters. The van der Waals surface area contributed by atoms with Crippen LogP contribution in [-0.2, 0) is 0 Å². The lowest BCUT2D eigenvalue weighted by molar-refractivity contribution is 0.585. The number of nitrogens with two attached hydrogens (primary N) is 2. The van der Waals surface area contributed by atoms with Crippen molar-refractivity contribution in [3.05, 3.63) is 29.3 Å². The molecule has 9 heteroatoms. The average molecular weight is 333 g/mol. The van der Waals surface area contributed by atoms with Gasteiger partial charge in [0.25, 0.3) is 0 Å². The average Bonchev–Trinajstić information content (AvgIpc) is 2.56. The van der Waals surface area contributed by atoms with Crippen LogP contribution in [-0.4, -0.2) is 36.1 Å². The van der Waals surface area contributed by atoms with Crippen LogP contribution in [0.5, 0.6) is 0 Å². The fourth-order valence-electron chi connectivity index (χ4n) is 2.29. The lowest BCUT2D eigenvalue weighted by Gasteiger charge is -2.29. The van der Waals surface area contributed by atoms with Crippen LogP contribution in [0, 0.1) is 0 Å². The predicted molar refractivity (Wildman–Crippen MR) is 91.6 cm³/mol. The number of piperazine rings is 1. The Labute approximate surface area is 138 Å². The molecule has 1 saturated heterocycles. The molecule has 8 nitrogen and oxygen atoms in total. The molecule has 2 aromatic rings. The van der Waals surface area contributed by atoms with Crippen LogP contribution in [0.2, 0.25) is 5.02 Å². The van der Waals surface area contributed by atoms with Crippen molar-refractivity contribution < 1.29 is 0 Å². The number of nitrogens with one attached hydrogen (secondary N) is 1. The van der Waals surface area contributed by atoms with Crippen LogP contribution in [0.25, 0.3) is 0 Å². The number of azo groups is 1. The molecule has 120 valence electrons. The Hall–Kier alpha value is -2.45. The zero-order valence-electron chi connectivity index (χ0n) is 12.4. The Kier molecular flexibility index (Phi) is 4.54. The summed E-state index contributed by atoms with van der Waals surface area (Å²) in [5, 5.41) is 12.3. The van der Waals surface area contributed by atoms with Gasteiger partial charge < -0.3 is 21.7 Å². The number of rotatable bonds is 3. The van der Waals surface area contributed by atoms with Gasteiger partial charge in [-0.1, -0.05) is 11.6 Å². The third-order valence-electron chi connectivity index (χ3n) is 3.42. The maximum absolute atomic E-state index is 5.97. The molecule has 1 aromatic heterocycles. The zero-order chi connectivity index (χ0) is 16.2. The van der Waals surface area contributed by atoms with E-state index in [1.54, 1.807) is 24.3 Å². The predicted octanol–water partition coefficient (Wildman–Crippen LogP) is 2.12. The first-order valence-corrected chi connectivity index (χ1v) is 7.57. The molecule has 2 heterocycles. The minimum atomic E-state index is 0.126. The molecule has 0 atom stereocenters. The Morgan fingerprint density at radius 2 is 1.74 bits per heavy atom. The summed E-state index contributed by atoms with van der Waals surface area (Å²) in [6.07, 6.45) is 0. The Morgan fingerprint density at radius 3 is 2.43 bits per heavy atom. The summed E-state index contributed by atoms with van der Waals surface area (Å²) in [7, 11) is 0. The lowest BCUT2D eigenvalue weighted by Crippen LogP contribution is -2.44. The SMILES string of the molecule is Nc1nc(N)c(N=Nc2ccc(Cl)cc2)c(N2CCNCC2)n1. The molecule has 0 saturated carbocycles. The van der Waals surface area contributed by atoms with Gasteiger partial charge in [0.05, 0.1) is 5.69 Å². The van der Waals surface area contributed by atoms with Crippen molar-refractivity contribution >= 4 is 40.6 Å². The van der Waals surface area contributed by atoms with Crippen molar-refractivity contribution in [2.75, 3.05) is 42.5 Å². The first-order chi connectivity index (χ1) is 11.1. The van der Waals surface area contributed by atoms with Crippen LogP contribution in [0.1, 0.15) is 0 Å².